The molecule has 0 aliphatic rings. The summed E-state index contributed by atoms with van der Waals surface area (Å²) < 4.78 is 1.92. The third-order valence-corrected chi connectivity index (χ3v) is 5.13. The van der Waals surface area contributed by atoms with Crippen molar-refractivity contribution in [3.05, 3.63) is 27.5 Å². The van der Waals surface area contributed by atoms with E-state index in [4.69, 9.17) is 5.73 Å². The first-order chi connectivity index (χ1) is 9.27. The van der Waals surface area contributed by atoms with Gasteiger partial charge in [-0.2, -0.15) is 0 Å². The largest absolute Gasteiger partial charge is 0.397 e. The smallest absolute Gasteiger partial charge is 0.266 e. The SMILES string of the molecule is CN(C(=O)c1sc2cc(Br)ccc2c1N)C(C)(C)CO. The summed E-state index contributed by atoms with van der Waals surface area (Å²) in [7, 11) is 1.68. The zero-order valence-corrected chi connectivity index (χ0v) is 14.0. The number of nitrogen functional groups attached to an aromatic ring is 1. The third-order valence-electron chi connectivity index (χ3n) is 3.48. The molecule has 20 heavy (non-hydrogen) atoms. The number of fused-ring (bicyclic) bond motifs is 1. The number of amides is 1. The Balaban J connectivity index is 2.48. The van der Waals surface area contributed by atoms with E-state index in [0.29, 0.717) is 10.6 Å². The van der Waals surface area contributed by atoms with E-state index >= 15 is 0 Å². The summed E-state index contributed by atoms with van der Waals surface area (Å²) in [6.07, 6.45) is 0. The zero-order chi connectivity index (χ0) is 15.1. The molecule has 1 aromatic heterocycles. The van der Waals surface area contributed by atoms with Crippen LogP contribution in [-0.4, -0.2) is 35.1 Å². The topological polar surface area (TPSA) is 66.6 Å². The van der Waals surface area contributed by atoms with E-state index < -0.39 is 5.54 Å². The van der Waals surface area contributed by atoms with Crippen molar-refractivity contribution in [3.63, 3.8) is 0 Å². The molecular weight excluding hydrogens is 340 g/mol. The van der Waals surface area contributed by atoms with Gasteiger partial charge >= 0.3 is 0 Å². The minimum absolute atomic E-state index is 0.106. The number of benzene rings is 1. The summed E-state index contributed by atoms with van der Waals surface area (Å²) in [5, 5.41) is 10.3. The Morgan fingerprint density at radius 3 is 2.75 bits per heavy atom. The van der Waals surface area contributed by atoms with Gasteiger partial charge in [0.25, 0.3) is 5.91 Å². The van der Waals surface area contributed by atoms with E-state index in [1.54, 1.807) is 7.05 Å². The lowest BCUT2D eigenvalue weighted by Crippen LogP contribution is -2.47. The minimum atomic E-state index is -0.625. The van der Waals surface area contributed by atoms with E-state index in [-0.39, 0.29) is 12.5 Å². The number of aliphatic hydroxyl groups is 1. The number of hydrogen-bond acceptors (Lipinski definition) is 4. The molecule has 1 heterocycles. The molecule has 108 valence electrons. The van der Waals surface area contributed by atoms with Gasteiger partial charge < -0.3 is 15.7 Å². The summed E-state index contributed by atoms with van der Waals surface area (Å²) in [6, 6.07) is 5.75. The number of hydrogen-bond donors (Lipinski definition) is 2. The van der Waals surface area contributed by atoms with Gasteiger partial charge in [0.1, 0.15) is 4.88 Å². The fourth-order valence-electron chi connectivity index (χ4n) is 1.78. The van der Waals surface area contributed by atoms with Crippen molar-refractivity contribution in [1.29, 1.82) is 0 Å². The Morgan fingerprint density at radius 2 is 2.15 bits per heavy atom. The quantitative estimate of drug-likeness (QED) is 0.887. The van der Waals surface area contributed by atoms with Crippen molar-refractivity contribution in [2.75, 3.05) is 19.4 Å². The second-order valence-electron chi connectivity index (χ2n) is 5.32. The highest BCUT2D eigenvalue weighted by atomic mass is 79.9. The van der Waals surface area contributed by atoms with Crippen LogP contribution in [0.4, 0.5) is 5.69 Å². The summed E-state index contributed by atoms with van der Waals surface area (Å²) in [5.41, 5.74) is 5.98. The molecule has 0 saturated carbocycles. The molecule has 6 heteroatoms. The second-order valence-corrected chi connectivity index (χ2v) is 7.29. The molecule has 2 rings (SSSR count). The number of rotatable bonds is 3. The molecule has 0 atom stereocenters. The van der Waals surface area contributed by atoms with Gasteiger partial charge in [0, 0.05) is 21.6 Å². The first-order valence-electron chi connectivity index (χ1n) is 6.14. The molecule has 2 aromatic rings. The standard InChI is InChI=1S/C14H17BrN2O2S/c1-14(2,7-18)17(3)13(19)12-11(16)9-5-4-8(15)6-10(9)20-12/h4-6,18H,7,16H2,1-3H3. The molecule has 0 aliphatic carbocycles. The average molecular weight is 357 g/mol. The first-order valence-corrected chi connectivity index (χ1v) is 7.75. The maximum Gasteiger partial charge on any atom is 0.266 e. The van der Waals surface area contributed by atoms with Crippen LogP contribution in [0.3, 0.4) is 0 Å². The van der Waals surface area contributed by atoms with E-state index in [2.05, 4.69) is 15.9 Å². The van der Waals surface area contributed by atoms with Crippen molar-refractivity contribution >= 4 is 48.9 Å². The van der Waals surface area contributed by atoms with Crippen LogP contribution >= 0.6 is 27.3 Å². The fourth-order valence-corrected chi connectivity index (χ4v) is 3.43. The van der Waals surface area contributed by atoms with Crippen LogP contribution in [0.15, 0.2) is 22.7 Å². The molecule has 1 amide bonds. The molecule has 0 bridgehead atoms. The molecule has 3 N–H and O–H groups in total. The zero-order valence-electron chi connectivity index (χ0n) is 11.6. The van der Waals surface area contributed by atoms with Gasteiger partial charge in [-0.1, -0.05) is 22.0 Å². The monoisotopic (exact) mass is 356 g/mol. The van der Waals surface area contributed by atoms with Crippen LogP contribution in [0.25, 0.3) is 10.1 Å². The lowest BCUT2D eigenvalue weighted by Gasteiger charge is -2.33. The third kappa shape index (κ3) is 2.55. The predicted molar refractivity (Wildman–Crippen MR) is 87.2 cm³/mol. The molecule has 0 spiro atoms. The van der Waals surface area contributed by atoms with Gasteiger partial charge in [-0.15, -0.1) is 11.3 Å². The Kier molecular flexibility index (Phi) is 4.09. The number of aliphatic hydroxyl groups excluding tert-OH is 1. The number of likely N-dealkylation sites (N-methyl/N-ethyl adjacent to an activating group) is 1. The summed E-state index contributed by atoms with van der Waals surface area (Å²) in [4.78, 5) is 14.6. The van der Waals surface area contributed by atoms with Crippen molar-refractivity contribution in [3.8, 4) is 0 Å². The van der Waals surface area contributed by atoms with Gasteiger partial charge in [0.2, 0.25) is 0 Å². The van der Waals surface area contributed by atoms with Crippen LogP contribution in [0.5, 0.6) is 0 Å². The molecule has 1 aromatic carbocycles. The van der Waals surface area contributed by atoms with Gasteiger partial charge in [0.05, 0.1) is 17.8 Å². The van der Waals surface area contributed by atoms with Crippen molar-refractivity contribution < 1.29 is 9.90 Å². The molecule has 0 saturated heterocycles. The fraction of sp³-hybridized carbons (Fsp3) is 0.357. The van der Waals surface area contributed by atoms with Crippen molar-refractivity contribution in [1.82, 2.24) is 4.90 Å². The van der Waals surface area contributed by atoms with Crippen LogP contribution in [0.2, 0.25) is 0 Å². The maximum atomic E-state index is 12.6. The molecule has 0 fully saturated rings. The lowest BCUT2D eigenvalue weighted by molar-refractivity contribution is 0.0479. The van der Waals surface area contributed by atoms with Crippen molar-refractivity contribution in [2.24, 2.45) is 0 Å². The summed E-state index contributed by atoms with van der Waals surface area (Å²) >= 11 is 4.79. The Labute approximate surface area is 130 Å². The van der Waals surface area contributed by atoms with Gasteiger partial charge in [0.15, 0.2) is 0 Å². The Morgan fingerprint density at radius 1 is 1.50 bits per heavy atom. The van der Waals surface area contributed by atoms with E-state index in [9.17, 15) is 9.90 Å². The first kappa shape index (κ1) is 15.3. The number of thiophene rings is 1. The molecule has 4 nitrogen and oxygen atoms in total. The number of nitrogens with zero attached hydrogens (tertiary/aromatic N) is 1. The molecule has 0 unspecified atom stereocenters. The van der Waals surface area contributed by atoms with Crippen LogP contribution in [0.1, 0.15) is 23.5 Å². The van der Waals surface area contributed by atoms with Crippen LogP contribution < -0.4 is 5.73 Å². The Bertz CT molecular complexity index is 666. The minimum Gasteiger partial charge on any atom is -0.397 e. The Hall–Kier alpha value is -1.11. The number of anilines is 1. The second kappa shape index (κ2) is 5.35. The molecule has 0 aliphatic heterocycles. The van der Waals surface area contributed by atoms with Gasteiger partial charge in [-0.3, -0.25) is 4.79 Å². The highest BCUT2D eigenvalue weighted by molar-refractivity contribution is 9.10. The van der Waals surface area contributed by atoms with Crippen molar-refractivity contribution in [2.45, 2.75) is 19.4 Å². The number of nitrogens with two attached hydrogens (primary N) is 1. The number of carbonyl (C=O) groups is 1. The highest BCUT2D eigenvalue weighted by Gasteiger charge is 2.30. The number of carbonyl (C=O) groups excluding carboxylic acids is 1. The lowest BCUT2D eigenvalue weighted by atomic mass is 10.0. The average Bonchev–Trinajstić information content (AvgIpc) is 2.73. The molecular formula is C14H17BrN2O2S. The van der Waals surface area contributed by atoms with Crippen LogP contribution in [-0.2, 0) is 0 Å². The summed E-state index contributed by atoms with van der Waals surface area (Å²) in [6.45, 7) is 3.52. The number of halogens is 1. The van der Waals surface area contributed by atoms with Crippen LogP contribution in [0, 0.1) is 0 Å². The predicted octanol–water partition coefficient (Wildman–Crippen LogP) is 3.09. The van der Waals surface area contributed by atoms with E-state index in [0.717, 1.165) is 14.6 Å². The van der Waals surface area contributed by atoms with E-state index in [1.165, 1.54) is 16.2 Å². The normalized spacial score (nSPS) is 11.8. The van der Waals surface area contributed by atoms with E-state index in [1.807, 2.05) is 32.0 Å². The molecule has 0 radical (unpaired) electrons. The summed E-state index contributed by atoms with van der Waals surface area (Å²) in [5.74, 6) is -0.168. The van der Waals surface area contributed by atoms with Gasteiger partial charge in [-0.05, 0) is 26.0 Å². The highest BCUT2D eigenvalue weighted by Crippen LogP contribution is 2.36. The maximum absolute atomic E-state index is 12.6. The van der Waals surface area contributed by atoms with Gasteiger partial charge in [-0.25, -0.2) is 0 Å².